The molecule has 0 radical (unpaired) electrons. The summed E-state index contributed by atoms with van der Waals surface area (Å²) in [5, 5.41) is 14.1. The van der Waals surface area contributed by atoms with Crippen LogP contribution in [0.1, 0.15) is 48.1 Å². The van der Waals surface area contributed by atoms with Crippen molar-refractivity contribution in [2.75, 3.05) is 0 Å². The number of nitrogens with zero attached hydrogens (tertiary/aromatic N) is 3. The van der Waals surface area contributed by atoms with Crippen molar-refractivity contribution in [3.8, 4) is 5.75 Å². The normalized spacial score (nSPS) is 11.8. The van der Waals surface area contributed by atoms with E-state index in [1.807, 2.05) is 51.1 Å². The fourth-order valence-corrected chi connectivity index (χ4v) is 4.41. The van der Waals surface area contributed by atoms with Crippen molar-refractivity contribution in [3.63, 3.8) is 0 Å². The van der Waals surface area contributed by atoms with E-state index < -0.39 is 11.4 Å². The molecule has 0 spiro atoms. The Kier molecular flexibility index (Phi) is 7.42. The third-order valence-corrected chi connectivity index (χ3v) is 6.44. The lowest BCUT2D eigenvalue weighted by atomic mass is 9.95. The van der Waals surface area contributed by atoms with Crippen LogP contribution in [-0.4, -0.2) is 27.0 Å². The van der Waals surface area contributed by atoms with Crippen LogP contribution in [0.4, 0.5) is 0 Å². The Morgan fingerprint density at radius 1 is 1.11 bits per heavy atom. The average molecular weight is 613 g/mol. The summed E-state index contributed by atoms with van der Waals surface area (Å²) < 4.78 is 8.71. The number of benzene rings is 3. The summed E-state index contributed by atoms with van der Waals surface area (Å²) in [4.78, 5) is 29.2. The van der Waals surface area contributed by atoms with Gasteiger partial charge in [-0.3, -0.25) is 4.79 Å². The van der Waals surface area contributed by atoms with Crippen LogP contribution < -0.4 is 10.3 Å². The Bertz CT molecular complexity index is 1560. The highest BCUT2D eigenvalue weighted by atomic mass is 79.9. The minimum Gasteiger partial charge on any atom is -0.488 e. The quantitative estimate of drug-likeness (QED) is 0.255. The van der Waals surface area contributed by atoms with Gasteiger partial charge in [0.2, 0.25) is 0 Å². The molecular formula is C27H23Br2N3O4. The van der Waals surface area contributed by atoms with Crippen molar-refractivity contribution in [1.29, 1.82) is 0 Å². The molecule has 4 rings (SSSR count). The molecule has 0 bridgehead atoms. The molecule has 9 heteroatoms. The molecule has 3 aromatic carbocycles. The molecule has 4 aromatic rings. The van der Waals surface area contributed by atoms with E-state index in [4.69, 9.17) is 14.8 Å². The van der Waals surface area contributed by atoms with Crippen LogP contribution in [0.3, 0.4) is 0 Å². The lowest BCUT2D eigenvalue weighted by Crippen LogP contribution is -2.29. The number of halogens is 2. The largest absolute Gasteiger partial charge is 0.488 e. The SMILES string of the molecule is CC(C)(C)c1nc2ccc(Br)cc2c(=O)n1N=Cc1ccc(OCc2cccc(C(=O)O)c2)c(Br)c1. The highest BCUT2D eigenvalue weighted by molar-refractivity contribution is 9.10. The first-order valence-corrected chi connectivity index (χ1v) is 12.6. The van der Waals surface area contributed by atoms with Crippen molar-refractivity contribution >= 4 is 54.9 Å². The minimum absolute atomic E-state index is 0.210. The van der Waals surface area contributed by atoms with Crippen LogP contribution in [0.25, 0.3) is 10.9 Å². The molecular weight excluding hydrogens is 590 g/mol. The van der Waals surface area contributed by atoms with Crippen LogP contribution in [0.15, 0.2) is 79.5 Å². The van der Waals surface area contributed by atoms with Crippen LogP contribution in [0, 0.1) is 0 Å². The van der Waals surface area contributed by atoms with Gasteiger partial charge in [0.05, 0.1) is 27.2 Å². The van der Waals surface area contributed by atoms with Crippen molar-refractivity contribution < 1.29 is 14.6 Å². The predicted octanol–water partition coefficient (Wildman–Crippen LogP) is 6.38. The van der Waals surface area contributed by atoms with Crippen molar-refractivity contribution in [3.05, 3.63) is 102 Å². The molecule has 36 heavy (non-hydrogen) atoms. The van der Waals surface area contributed by atoms with Gasteiger partial charge in [0, 0.05) is 9.89 Å². The zero-order valence-corrected chi connectivity index (χ0v) is 23.0. The third kappa shape index (κ3) is 5.74. The highest BCUT2D eigenvalue weighted by Crippen LogP contribution is 2.27. The molecule has 0 saturated heterocycles. The predicted molar refractivity (Wildman–Crippen MR) is 147 cm³/mol. The van der Waals surface area contributed by atoms with Gasteiger partial charge in [-0.1, -0.05) is 48.8 Å². The molecule has 0 amide bonds. The molecule has 0 unspecified atom stereocenters. The average Bonchev–Trinajstić information content (AvgIpc) is 2.82. The molecule has 0 atom stereocenters. The van der Waals surface area contributed by atoms with Crippen LogP contribution in [-0.2, 0) is 12.0 Å². The van der Waals surface area contributed by atoms with Crippen LogP contribution in [0.2, 0.25) is 0 Å². The Balaban J connectivity index is 1.61. The van der Waals surface area contributed by atoms with Gasteiger partial charge in [-0.2, -0.15) is 9.78 Å². The molecule has 0 aliphatic heterocycles. The van der Waals surface area contributed by atoms with Crippen LogP contribution in [0.5, 0.6) is 5.75 Å². The number of rotatable bonds is 6. The number of carboxylic acid groups (broad SMARTS) is 1. The summed E-state index contributed by atoms with van der Waals surface area (Å²) in [6.07, 6.45) is 1.60. The van der Waals surface area contributed by atoms with E-state index in [-0.39, 0.29) is 17.7 Å². The van der Waals surface area contributed by atoms with Gasteiger partial charge < -0.3 is 9.84 Å². The lowest BCUT2D eigenvalue weighted by molar-refractivity contribution is 0.0696. The third-order valence-electron chi connectivity index (χ3n) is 5.33. The topological polar surface area (TPSA) is 93.8 Å². The first-order valence-electron chi connectivity index (χ1n) is 11.0. The van der Waals surface area contributed by atoms with Gasteiger partial charge in [0.15, 0.2) is 0 Å². The zero-order valence-electron chi connectivity index (χ0n) is 19.8. The zero-order chi connectivity index (χ0) is 26.0. The van der Waals surface area contributed by atoms with E-state index in [0.717, 1.165) is 15.6 Å². The second-order valence-corrected chi connectivity index (χ2v) is 11.0. The molecule has 7 nitrogen and oxygen atoms in total. The summed E-state index contributed by atoms with van der Waals surface area (Å²) in [6.45, 7) is 6.18. The monoisotopic (exact) mass is 611 g/mol. The molecule has 184 valence electrons. The molecule has 1 N–H and O–H groups in total. The Morgan fingerprint density at radius 3 is 2.58 bits per heavy atom. The molecule has 1 heterocycles. The summed E-state index contributed by atoms with van der Waals surface area (Å²) in [7, 11) is 0. The maximum absolute atomic E-state index is 13.3. The number of aromatic carboxylic acids is 1. The summed E-state index contributed by atoms with van der Waals surface area (Å²) in [5.41, 5.74) is 1.68. The van der Waals surface area contributed by atoms with E-state index in [9.17, 15) is 9.59 Å². The van der Waals surface area contributed by atoms with Gasteiger partial charge in [-0.15, -0.1) is 0 Å². The molecule has 0 fully saturated rings. The van der Waals surface area contributed by atoms with Crippen molar-refractivity contribution in [1.82, 2.24) is 9.66 Å². The molecule has 0 aliphatic carbocycles. The Hall–Kier alpha value is -3.30. The van der Waals surface area contributed by atoms with E-state index >= 15 is 0 Å². The van der Waals surface area contributed by atoms with E-state index in [0.29, 0.717) is 26.9 Å². The lowest BCUT2D eigenvalue weighted by Gasteiger charge is -2.20. The minimum atomic E-state index is -0.982. The van der Waals surface area contributed by atoms with Crippen molar-refractivity contribution in [2.24, 2.45) is 5.10 Å². The van der Waals surface area contributed by atoms with Crippen molar-refractivity contribution in [2.45, 2.75) is 32.8 Å². The molecule has 0 aliphatic rings. The molecule has 1 aromatic heterocycles. The summed E-state index contributed by atoms with van der Waals surface area (Å²) >= 11 is 6.94. The van der Waals surface area contributed by atoms with Crippen LogP contribution >= 0.6 is 31.9 Å². The number of hydrogen-bond acceptors (Lipinski definition) is 5. The van der Waals surface area contributed by atoms with Gasteiger partial charge in [0.1, 0.15) is 18.2 Å². The smallest absolute Gasteiger partial charge is 0.335 e. The first-order chi connectivity index (χ1) is 17.0. The van der Waals surface area contributed by atoms with E-state index in [1.165, 1.54) is 10.7 Å². The number of ether oxygens (including phenoxy) is 1. The maximum Gasteiger partial charge on any atom is 0.335 e. The first kappa shape index (κ1) is 25.8. The number of carbonyl (C=O) groups is 1. The Morgan fingerprint density at radius 2 is 1.89 bits per heavy atom. The Labute approximate surface area is 224 Å². The van der Waals surface area contributed by atoms with Gasteiger partial charge >= 0.3 is 5.97 Å². The van der Waals surface area contributed by atoms with E-state index in [2.05, 4.69) is 37.0 Å². The number of carboxylic acids is 1. The second kappa shape index (κ2) is 10.4. The maximum atomic E-state index is 13.3. The summed E-state index contributed by atoms with van der Waals surface area (Å²) in [6, 6.07) is 17.5. The van der Waals surface area contributed by atoms with Gasteiger partial charge in [-0.25, -0.2) is 9.78 Å². The van der Waals surface area contributed by atoms with Gasteiger partial charge in [-0.05, 0) is 75.6 Å². The van der Waals surface area contributed by atoms with E-state index in [1.54, 1.807) is 30.5 Å². The fourth-order valence-electron chi connectivity index (χ4n) is 3.54. The fraction of sp³-hybridized carbons (Fsp3) is 0.185. The van der Waals surface area contributed by atoms with Gasteiger partial charge in [0.25, 0.3) is 5.56 Å². The number of aromatic nitrogens is 2. The number of fused-ring (bicyclic) bond motifs is 1. The molecule has 0 saturated carbocycles. The second-order valence-electron chi connectivity index (χ2n) is 9.19. The number of hydrogen-bond donors (Lipinski definition) is 1. The standard InChI is InChI=1S/C27H23Br2N3O4/c1-27(2,3)26-31-22-9-8-19(28)13-20(22)24(33)32(26)30-14-16-7-10-23(21(29)12-16)36-15-17-5-4-6-18(11-17)25(34)35/h4-14H,15H2,1-3H3,(H,34,35). The highest BCUT2D eigenvalue weighted by Gasteiger charge is 2.23. The summed E-state index contributed by atoms with van der Waals surface area (Å²) in [5.74, 6) is 0.170.